The van der Waals surface area contributed by atoms with Crippen LogP contribution in [0.4, 0.5) is 24.7 Å². The molecule has 0 saturated heterocycles. The fraction of sp³-hybridized carbons (Fsp3) is 0.316. The third-order valence-corrected chi connectivity index (χ3v) is 3.65. The smallest absolute Gasteiger partial charge is 0.406 e. The number of allylic oxidation sites excluding steroid dienone is 1. The van der Waals surface area contributed by atoms with Gasteiger partial charge in [0.1, 0.15) is 17.9 Å². The first-order chi connectivity index (χ1) is 13.2. The van der Waals surface area contributed by atoms with E-state index >= 15 is 0 Å². The van der Waals surface area contributed by atoms with E-state index in [9.17, 15) is 13.2 Å². The van der Waals surface area contributed by atoms with Crippen molar-refractivity contribution in [1.29, 1.82) is 5.41 Å². The molecule has 1 heterocycles. The summed E-state index contributed by atoms with van der Waals surface area (Å²) in [5.41, 5.74) is 2.43. The van der Waals surface area contributed by atoms with Crippen LogP contribution in [0.2, 0.25) is 0 Å². The first-order valence-electron chi connectivity index (χ1n) is 8.58. The average molecular weight is 393 g/mol. The van der Waals surface area contributed by atoms with Gasteiger partial charge in [-0.15, -0.1) is 13.2 Å². The van der Waals surface area contributed by atoms with Gasteiger partial charge in [-0.05, 0) is 37.1 Å². The Balaban J connectivity index is 2.19. The number of rotatable bonds is 8. The van der Waals surface area contributed by atoms with Gasteiger partial charge in [-0.3, -0.25) is 0 Å². The van der Waals surface area contributed by atoms with Crippen molar-refractivity contribution in [2.24, 2.45) is 5.92 Å². The molecule has 0 amide bonds. The molecule has 6 nitrogen and oxygen atoms in total. The molecule has 2 aromatic rings. The van der Waals surface area contributed by atoms with Crippen LogP contribution in [0.25, 0.3) is 5.57 Å². The Morgan fingerprint density at radius 1 is 1.21 bits per heavy atom. The molecule has 0 aliphatic heterocycles. The zero-order valence-electron chi connectivity index (χ0n) is 15.8. The minimum absolute atomic E-state index is 0.302. The molecule has 150 valence electrons. The highest BCUT2D eigenvalue weighted by molar-refractivity contribution is 6.08. The van der Waals surface area contributed by atoms with Gasteiger partial charge in [0.05, 0.1) is 5.69 Å². The van der Waals surface area contributed by atoms with E-state index in [0.717, 1.165) is 6.54 Å². The van der Waals surface area contributed by atoms with Gasteiger partial charge in [0, 0.05) is 35.8 Å². The lowest BCUT2D eigenvalue weighted by atomic mass is 10.1. The highest BCUT2D eigenvalue weighted by Gasteiger charge is 2.30. The molecule has 0 aliphatic carbocycles. The normalized spacial score (nSPS) is 12.0. The number of alkyl halides is 3. The second-order valence-corrected chi connectivity index (χ2v) is 6.44. The molecule has 0 spiro atoms. The average Bonchev–Trinajstić information content (AvgIpc) is 2.61. The molecule has 0 atom stereocenters. The van der Waals surface area contributed by atoms with Crippen LogP contribution in [0, 0.1) is 18.3 Å². The van der Waals surface area contributed by atoms with Crippen LogP contribution in [0.3, 0.4) is 0 Å². The summed E-state index contributed by atoms with van der Waals surface area (Å²) in [5, 5.41) is 13.8. The Morgan fingerprint density at radius 2 is 1.89 bits per heavy atom. The molecule has 0 aliphatic rings. The van der Waals surface area contributed by atoms with Crippen LogP contribution in [0.15, 0.2) is 36.8 Å². The zero-order valence-corrected chi connectivity index (χ0v) is 15.8. The minimum Gasteiger partial charge on any atom is -0.406 e. The zero-order chi connectivity index (χ0) is 20.7. The highest BCUT2D eigenvalue weighted by Crippen LogP contribution is 2.27. The van der Waals surface area contributed by atoms with E-state index in [1.165, 1.54) is 36.8 Å². The summed E-state index contributed by atoms with van der Waals surface area (Å²) in [7, 11) is 0. The lowest BCUT2D eigenvalue weighted by Gasteiger charge is -2.13. The predicted octanol–water partition coefficient (Wildman–Crippen LogP) is 4.66. The molecule has 0 unspecified atom stereocenters. The quantitative estimate of drug-likeness (QED) is 0.568. The topological polar surface area (TPSA) is 82.9 Å². The maximum atomic E-state index is 12.2. The summed E-state index contributed by atoms with van der Waals surface area (Å²) >= 11 is 0. The lowest BCUT2D eigenvalue weighted by Crippen LogP contribution is -2.17. The Hall–Kier alpha value is -3.10. The first-order valence-corrected chi connectivity index (χ1v) is 8.58. The van der Waals surface area contributed by atoms with Crippen molar-refractivity contribution < 1.29 is 17.9 Å². The molecule has 1 aromatic heterocycles. The van der Waals surface area contributed by atoms with Crippen LogP contribution >= 0.6 is 0 Å². The molecule has 28 heavy (non-hydrogen) atoms. The third-order valence-electron chi connectivity index (χ3n) is 3.65. The van der Waals surface area contributed by atoms with Crippen LogP contribution < -0.4 is 15.4 Å². The molecular weight excluding hydrogens is 371 g/mol. The number of nitrogens with one attached hydrogen (secondary N) is 3. The lowest BCUT2D eigenvalue weighted by molar-refractivity contribution is -0.274. The Bertz CT molecular complexity index is 832. The summed E-state index contributed by atoms with van der Waals surface area (Å²) in [5.74, 6) is 0.644. The maximum Gasteiger partial charge on any atom is 0.573 e. The van der Waals surface area contributed by atoms with Crippen molar-refractivity contribution in [3.63, 3.8) is 0 Å². The Labute approximate surface area is 161 Å². The number of aromatic nitrogens is 2. The van der Waals surface area contributed by atoms with Crippen LogP contribution in [0.1, 0.15) is 25.1 Å². The summed E-state index contributed by atoms with van der Waals surface area (Å²) in [6.45, 7) is 6.72. The van der Waals surface area contributed by atoms with Crippen LogP contribution in [0.5, 0.6) is 5.75 Å². The number of benzene rings is 1. The van der Waals surface area contributed by atoms with Crippen molar-refractivity contribution in [2.45, 2.75) is 27.1 Å². The summed E-state index contributed by atoms with van der Waals surface area (Å²) in [6, 6.07) is 5.34. The van der Waals surface area contributed by atoms with Gasteiger partial charge in [-0.25, -0.2) is 9.97 Å². The fourth-order valence-corrected chi connectivity index (χ4v) is 2.33. The predicted molar refractivity (Wildman–Crippen MR) is 103 cm³/mol. The molecule has 1 aromatic carbocycles. The maximum absolute atomic E-state index is 12.2. The monoisotopic (exact) mass is 393 g/mol. The number of hydrogen-bond donors (Lipinski definition) is 3. The van der Waals surface area contributed by atoms with Crippen molar-refractivity contribution in [1.82, 2.24) is 15.3 Å². The van der Waals surface area contributed by atoms with Gasteiger partial charge in [0.25, 0.3) is 0 Å². The van der Waals surface area contributed by atoms with Crippen LogP contribution in [-0.4, -0.2) is 29.1 Å². The summed E-state index contributed by atoms with van der Waals surface area (Å²) in [6.07, 6.45) is -0.428. The fourth-order valence-electron chi connectivity index (χ4n) is 2.33. The first kappa shape index (κ1) is 21.2. The number of hydrogen-bond acceptors (Lipinski definition) is 6. The largest absolute Gasteiger partial charge is 0.573 e. The number of nitrogens with zero attached hydrogens (tertiary/aromatic N) is 2. The SMILES string of the molecule is Cc1c(Nc2ccc(OC(F)(F)F)cc2)ncnc1/C(C=N)=C/NCC(C)C. The molecule has 0 bridgehead atoms. The van der Waals surface area contributed by atoms with E-state index in [0.29, 0.717) is 34.3 Å². The molecule has 0 radical (unpaired) electrons. The van der Waals surface area contributed by atoms with Crippen molar-refractivity contribution in [3.05, 3.63) is 48.1 Å². The van der Waals surface area contributed by atoms with Crippen molar-refractivity contribution in [2.75, 3.05) is 11.9 Å². The van der Waals surface area contributed by atoms with E-state index in [4.69, 9.17) is 5.41 Å². The summed E-state index contributed by atoms with van der Waals surface area (Å²) < 4.78 is 40.6. The Morgan fingerprint density at radius 3 is 2.46 bits per heavy atom. The van der Waals surface area contributed by atoms with Gasteiger partial charge >= 0.3 is 6.36 Å². The molecular formula is C19H22F3N5O. The molecule has 0 saturated carbocycles. The number of anilines is 2. The van der Waals surface area contributed by atoms with Crippen molar-refractivity contribution in [3.8, 4) is 5.75 Å². The number of halogens is 3. The molecule has 3 N–H and O–H groups in total. The van der Waals surface area contributed by atoms with Gasteiger partial charge in [0.2, 0.25) is 0 Å². The standard InChI is InChI=1S/C19H22F3N5O/c1-12(2)9-24-10-14(8-23)17-13(3)18(26-11-25-17)27-15-4-6-16(7-5-15)28-19(20,21)22/h4-8,10-12,23-24H,9H2,1-3H3,(H,25,26,27)/b14-10+,23-8?. The van der Waals surface area contributed by atoms with E-state index in [1.807, 2.05) is 0 Å². The van der Waals surface area contributed by atoms with Crippen molar-refractivity contribution >= 4 is 23.3 Å². The van der Waals surface area contributed by atoms with Gasteiger partial charge < -0.3 is 20.8 Å². The summed E-state index contributed by atoms with van der Waals surface area (Å²) in [4.78, 5) is 8.43. The van der Waals surface area contributed by atoms with Crippen LogP contribution in [-0.2, 0) is 0 Å². The molecule has 9 heteroatoms. The highest BCUT2D eigenvalue weighted by atomic mass is 19.4. The van der Waals surface area contributed by atoms with Gasteiger partial charge in [-0.1, -0.05) is 13.8 Å². The Kier molecular flexibility index (Phi) is 6.97. The van der Waals surface area contributed by atoms with E-state index < -0.39 is 6.36 Å². The van der Waals surface area contributed by atoms with E-state index in [-0.39, 0.29) is 5.75 Å². The second kappa shape index (κ2) is 9.20. The second-order valence-electron chi connectivity index (χ2n) is 6.44. The third kappa shape index (κ3) is 6.26. The minimum atomic E-state index is -4.73. The molecule has 0 fully saturated rings. The number of ether oxygens (including phenoxy) is 1. The van der Waals surface area contributed by atoms with Gasteiger partial charge in [0.15, 0.2) is 0 Å². The van der Waals surface area contributed by atoms with E-state index in [1.54, 1.807) is 13.1 Å². The molecule has 2 rings (SSSR count). The van der Waals surface area contributed by atoms with E-state index in [2.05, 4.69) is 39.2 Å². The van der Waals surface area contributed by atoms with Gasteiger partial charge in [-0.2, -0.15) is 0 Å².